The molecule has 2 N–H and O–H groups in total. The summed E-state index contributed by atoms with van der Waals surface area (Å²) in [6.07, 6.45) is 2.28. The third-order valence-electron chi connectivity index (χ3n) is 3.91. The molecular weight excluding hydrogens is 300 g/mol. The van der Waals surface area contributed by atoms with Crippen LogP contribution in [0.2, 0.25) is 0 Å². The van der Waals surface area contributed by atoms with Crippen LogP contribution in [0.3, 0.4) is 0 Å². The van der Waals surface area contributed by atoms with E-state index in [1.165, 1.54) is 16.0 Å². The minimum absolute atomic E-state index is 0.404. The molecule has 2 nitrogen and oxygen atoms in total. The second-order valence-corrected chi connectivity index (χ2v) is 6.96. The number of aryl methyl sites for hydroxylation is 1. The molecule has 0 saturated heterocycles. The van der Waals surface area contributed by atoms with Gasteiger partial charge >= 0.3 is 0 Å². The third-order valence-corrected chi connectivity index (χ3v) is 4.91. The maximum absolute atomic E-state index is 3.59. The van der Waals surface area contributed by atoms with E-state index >= 15 is 0 Å². The van der Waals surface area contributed by atoms with Crippen LogP contribution in [0, 0.1) is 0 Å². The molecule has 0 aliphatic rings. The zero-order valence-electron chi connectivity index (χ0n) is 14.2. The Hall–Kier alpha value is -1.29. The van der Waals surface area contributed by atoms with Gasteiger partial charge in [-0.3, -0.25) is 0 Å². The van der Waals surface area contributed by atoms with Gasteiger partial charge in [0, 0.05) is 16.7 Å². The van der Waals surface area contributed by atoms with Gasteiger partial charge in [0.05, 0.1) is 0 Å². The molecule has 23 heavy (non-hydrogen) atoms. The molecule has 0 aliphatic carbocycles. The lowest BCUT2D eigenvalue weighted by Crippen LogP contribution is -2.22. The highest BCUT2D eigenvalue weighted by atomic mass is 32.2. The number of thioether (sulfide) groups is 1. The normalized spacial score (nSPS) is 12.3. The third kappa shape index (κ3) is 6.78. The fourth-order valence-electron chi connectivity index (χ4n) is 2.51. The first-order chi connectivity index (χ1) is 11.3. The van der Waals surface area contributed by atoms with E-state index in [9.17, 15) is 0 Å². The van der Waals surface area contributed by atoms with Gasteiger partial charge < -0.3 is 10.6 Å². The van der Waals surface area contributed by atoms with Crippen LogP contribution in [0.4, 0.5) is 0 Å². The first kappa shape index (κ1) is 18.1. The summed E-state index contributed by atoms with van der Waals surface area (Å²) in [6.45, 7) is 4.36. The Morgan fingerprint density at radius 1 is 1.00 bits per heavy atom. The zero-order chi connectivity index (χ0) is 16.3. The monoisotopic (exact) mass is 328 g/mol. The van der Waals surface area contributed by atoms with Crippen molar-refractivity contribution in [3.63, 3.8) is 0 Å². The van der Waals surface area contributed by atoms with Crippen LogP contribution in [0.15, 0.2) is 59.5 Å². The summed E-state index contributed by atoms with van der Waals surface area (Å²) < 4.78 is 0. The molecule has 3 heteroatoms. The van der Waals surface area contributed by atoms with Crippen molar-refractivity contribution >= 4 is 11.8 Å². The van der Waals surface area contributed by atoms with Gasteiger partial charge in [0.25, 0.3) is 0 Å². The van der Waals surface area contributed by atoms with Crippen LogP contribution in [-0.4, -0.2) is 25.9 Å². The highest BCUT2D eigenvalue weighted by molar-refractivity contribution is 7.99. The maximum atomic E-state index is 3.59. The average molecular weight is 329 g/mol. The van der Waals surface area contributed by atoms with E-state index in [1.807, 2.05) is 18.8 Å². The topological polar surface area (TPSA) is 24.1 Å². The lowest BCUT2D eigenvalue weighted by Gasteiger charge is -2.15. The van der Waals surface area contributed by atoms with E-state index in [2.05, 4.69) is 72.2 Å². The largest absolute Gasteiger partial charge is 0.320 e. The fraction of sp³-hybridized carbons (Fsp3) is 0.400. The number of nitrogens with one attached hydrogen (secondary N) is 2. The van der Waals surface area contributed by atoms with Gasteiger partial charge in [-0.15, -0.1) is 11.8 Å². The minimum atomic E-state index is 0.404. The van der Waals surface area contributed by atoms with Crippen molar-refractivity contribution in [1.82, 2.24) is 10.6 Å². The summed E-state index contributed by atoms with van der Waals surface area (Å²) in [4.78, 5) is 1.36. The van der Waals surface area contributed by atoms with E-state index < -0.39 is 0 Å². The Balaban J connectivity index is 1.79. The Morgan fingerprint density at radius 2 is 1.83 bits per heavy atom. The van der Waals surface area contributed by atoms with Crippen molar-refractivity contribution in [2.75, 3.05) is 25.9 Å². The lowest BCUT2D eigenvalue weighted by molar-refractivity contribution is 0.549. The van der Waals surface area contributed by atoms with Crippen molar-refractivity contribution < 1.29 is 0 Å². The zero-order valence-corrected chi connectivity index (χ0v) is 15.0. The van der Waals surface area contributed by atoms with Gasteiger partial charge in [-0.2, -0.15) is 0 Å². The number of rotatable bonds is 10. The van der Waals surface area contributed by atoms with Crippen LogP contribution in [-0.2, 0) is 6.42 Å². The number of hydrogen-bond donors (Lipinski definition) is 2. The van der Waals surface area contributed by atoms with E-state index in [0.717, 1.165) is 31.7 Å². The Labute approximate surface area is 145 Å². The molecule has 0 saturated carbocycles. The van der Waals surface area contributed by atoms with Gasteiger partial charge in [0.1, 0.15) is 0 Å². The summed E-state index contributed by atoms with van der Waals surface area (Å²) >= 11 is 1.94. The number of benzene rings is 2. The molecule has 0 aromatic heterocycles. The lowest BCUT2D eigenvalue weighted by atomic mass is 10.1. The van der Waals surface area contributed by atoms with Crippen LogP contribution < -0.4 is 10.6 Å². The smallest absolute Gasteiger partial charge is 0.0292 e. The first-order valence-corrected chi connectivity index (χ1v) is 9.43. The van der Waals surface area contributed by atoms with Crippen molar-refractivity contribution in [3.05, 3.63) is 65.7 Å². The van der Waals surface area contributed by atoms with Gasteiger partial charge in [-0.25, -0.2) is 0 Å². The molecule has 2 rings (SSSR count). The summed E-state index contributed by atoms with van der Waals surface area (Å²) in [7, 11) is 2.00. The first-order valence-electron chi connectivity index (χ1n) is 8.44. The predicted molar refractivity (Wildman–Crippen MR) is 102 cm³/mol. The van der Waals surface area contributed by atoms with Crippen LogP contribution in [0.5, 0.6) is 0 Å². The molecule has 1 unspecified atom stereocenters. The van der Waals surface area contributed by atoms with Crippen LogP contribution in [0.25, 0.3) is 0 Å². The molecule has 2 aromatic rings. The Kier molecular flexibility index (Phi) is 8.23. The minimum Gasteiger partial charge on any atom is -0.320 e. The summed E-state index contributed by atoms with van der Waals surface area (Å²) in [5.41, 5.74) is 2.79. The van der Waals surface area contributed by atoms with E-state index in [0.29, 0.717) is 6.04 Å². The van der Waals surface area contributed by atoms with Gasteiger partial charge in [0.2, 0.25) is 0 Å². The quantitative estimate of drug-likeness (QED) is 0.503. The second-order valence-electron chi connectivity index (χ2n) is 5.79. The predicted octanol–water partition coefficient (Wildman–Crippen LogP) is 4.28. The standard InChI is InChI=1S/C20H28N2S/c1-17(22-14-7-13-21-2)19-10-6-11-20(16-19)23-15-12-18-8-4-3-5-9-18/h3-6,8-11,16-17,21-22H,7,12-15H2,1-2H3. The Bertz CT molecular complexity index is 557. The number of hydrogen-bond acceptors (Lipinski definition) is 3. The molecule has 2 aromatic carbocycles. The van der Waals surface area contributed by atoms with Gasteiger partial charge in [-0.05, 0) is 63.2 Å². The molecule has 0 bridgehead atoms. The van der Waals surface area contributed by atoms with E-state index in [1.54, 1.807) is 0 Å². The van der Waals surface area contributed by atoms with Crippen LogP contribution in [0.1, 0.15) is 30.5 Å². The van der Waals surface area contributed by atoms with E-state index in [-0.39, 0.29) is 0 Å². The van der Waals surface area contributed by atoms with Crippen molar-refractivity contribution in [1.29, 1.82) is 0 Å². The molecule has 1 atom stereocenters. The Morgan fingerprint density at radius 3 is 2.61 bits per heavy atom. The highest BCUT2D eigenvalue weighted by Gasteiger charge is 2.05. The molecule has 0 heterocycles. The van der Waals surface area contributed by atoms with Gasteiger partial charge in [-0.1, -0.05) is 42.5 Å². The SMILES string of the molecule is CNCCCNC(C)c1cccc(SCCc2ccccc2)c1. The summed E-state index contributed by atoms with van der Waals surface area (Å²) in [5, 5.41) is 6.78. The molecule has 124 valence electrons. The average Bonchev–Trinajstić information content (AvgIpc) is 2.60. The maximum Gasteiger partial charge on any atom is 0.0292 e. The second kappa shape index (κ2) is 10.5. The molecule has 0 aliphatic heterocycles. The van der Waals surface area contributed by atoms with Crippen molar-refractivity contribution in [3.8, 4) is 0 Å². The molecule has 0 amide bonds. The van der Waals surface area contributed by atoms with Crippen LogP contribution >= 0.6 is 11.8 Å². The summed E-state index contributed by atoms with van der Waals surface area (Å²) in [6, 6.07) is 20.0. The molecular formula is C20H28N2S. The molecule has 0 spiro atoms. The van der Waals surface area contributed by atoms with Crippen molar-refractivity contribution in [2.45, 2.75) is 30.7 Å². The molecule has 0 radical (unpaired) electrons. The van der Waals surface area contributed by atoms with Gasteiger partial charge in [0.15, 0.2) is 0 Å². The summed E-state index contributed by atoms with van der Waals surface area (Å²) in [5.74, 6) is 1.12. The highest BCUT2D eigenvalue weighted by Crippen LogP contribution is 2.23. The van der Waals surface area contributed by atoms with Crippen molar-refractivity contribution in [2.24, 2.45) is 0 Å². The van der Waals surface area contributed by atoms with E-state index in [4.69, 9.17) is 0 Å². The fourth-order valence-corrected chi connectivity index (χ4v) is 3.47. The molecule has 0 fully saturated rings.